The van der Waals surface area contributed by atoms with Gasteiger partial charge < -0.3 is 14.8 Å². The quantitative estimate of drug-likeness (QED) is 0.718. The first-order valence-corrected chi connectivity index (χ1v) is 8.63. The molecule has 1 N–H and O–H groups in total. The van der Waals surface area contributed by atoms with E-state index >= 15 is 0 Å². The molecule has 0 aliphatic heterocycles. The van der Waals surface area contributed by atoms with Crippen LogP contribution < -0.4 is 9.80 Å². The summed E-state index contributed by atoms with van der Waals surface area (Å²) in [5, 5.41) is 0. The van der Waals surface area contributed by atoms with E-state index in [2.05, 4.69) is 105 Å². The predicted molar refractivity (Wildman–Crippen MR) is 110 cm³/mol. The highest BCUT2D eigenvalue weighted by atomic mass is 15.1. The van der Waals surface area contributed by atoms with Crippen LogP contribution in [0.2, 0.25) is 0 Å². The summed E-state index contributed by atoms with van der Waals surface area (Å²) in [5.41, 5.74) is 9.90. The van der Waals surface area contributed by atoms with Gasteiger partial charge in [0.25, 0.3) is 0 Å². The van der Waals surface area contributed by atoms with Crippen molar-refractivity contribution in [2.75, 3.05) is 38.0 Å². The van der Waals surface area contributed by atoms with Crippen LogP contribution in [-0.4, -0.2) is 33.2 Å². The first kappa shape index (κ1) is 17.2. The topological polar surface area (TPSA) is 22.3 Å². The number of nitrogens with one attached hydrogen (secondary N) is 1. The van der Waals surface area contributed by atoms with Crippen LogP contribution in [0.15, 0.2) is 48.5 Å². The average Bonchev–Trinajstić information content (AvgIpc) is 2.90. The lowest BCUT2D eigenvalue weighted by atomic mass is 10.0. The number of anilines is 2. The molecule has 0 radical (unpaired) electrons. The van der Waals surface area contributed by atoms with Gasteiger partial charge in [0.05, 0.1) is 0 Å². The second kappa shape index (κ2) is 6.67. The molecule has 25 heavy (non-hydrogen) atoms. The molecule has 130 valence electrons. The van der Waals surface area contributed by atoms with Crippen molar-refractivity contribution in [1.82, 2.24) is 4.98 Å². The second-order valence-corrected chi connectivity index (χ2v) is 7.01. The van der Waals surface area contributed by atoms with E-state index in [9.17, 15) is 0 Å². The Hall–Kier alpha value is -2.68. The van der Waals surface area contributed by atoms with Gasteiger partial charge in [0.1, 0.15) is 0 Å². The Kier molecular flexibility index (Phi) is 4.58. The summed E-state index contributed by atoms with van der Waals surface area (Å²) in [6, 6.07) is 17.4. The van der Waals surface area contributed by atoms with Crippen LogP contribution in [0, 0.1) is 13.8 Å². The Labute approximate surface area is 150 Å². The Morgan fingerprint density at radius 1 is 0.560 bits per heavy atom. The maximum absolute atomic E-state index is 3.65. The number of hydrogen-bond donors (Lipinski definition) is 1. The monoisotopic (exact) mass is 333 g/mol. The zero-order valence-electron chi connectivity index (χ0n) is 16.0. The lowest BCUT2D eigenvalue weighted by Gasteiger charge is -2.13. The van der Waals surface area contributed by atoms with Crippen molar-refractivity contribution in [3.63, 3.8) is 0 Å². The largest absolute Gasteiger partial charge is 0.378 e. The van der Waals surface area contributed by atoms with Gasteiger partial charge >= 0.3 is 0 Å². The molecule has 0 aliphatic carbocycles. The first-order chi connectivity index (χ1) is 11.9. The molecular weight excluding hydrogens is 306 g/mol. The fourth-order valence-corrected chi connectivity index (χ4v) is 3.12. The SMILES string of the molecule is Cc1c(-c2ccc(N(C)C)cc2)[nH]c(-c2ccc(N(C)C)cc2)c1C. The summed E-state index contributed by atoms with van der Waals surface area (Å²) in [5.74, 6) is 0. The van der Waals surface area contributed by atoms with E-state index in [4.69, 9.17) is 0 Å². The number of benzene rings is 2. The number of aromatic nitrogens is 1. The van der Waals surface area contributed by atoms with E-state index in [1.807, 2.05) is 0 Å². The Bertz CT molecular complexity index is 782. The highest BCUT2D eigenvalue weighted by molar-refractivity contribution is 5.76. The van der Waals surface area contributed by atoms with Crippen LogP contribution in [0.5, 0.6) is 0 Å². The van der Waals surface area contributed by atoms with Crippen molar-refractivity contribution in [2.24, 2.45) is 0 Å². The number of H-pyrrole nitrogens is 1. The summed E-state index contributed by atoms with van der Waals surface area (Å²) in [4.78, 5) is 7.89. The zero-order chi connectivity index (χ0) is 18.1. The lowest BCUT2D eigenvalue weighted by Crippen LogP contribution is -2.07. The molecule has 3 nitrogen and oxygen atoms in total. The molecule has 3 rings (SSSR count). The van der Waals surface area contributed by atoms with Crippen LogP contribution in [-0.2, 0) is 0 Å². The standard InChI is InChI=1S/C22H27N3/c1-15-16(2)22(18-9-13-20(14-10-18)25(5)6)23-21(15)17-7-11-19(12-8-17)24(3)4/h7-14,23H,1-6H3. The van der Waals surface area contributed by atoms with Crippen molar-refractivity contribution in [1.29, 1.82) is 0 Å². The van der Waals surface area contributed by atoms with Crippen LogP contribution in [0.4, 0.5) is 11.4 Å². The normalized spacial score (nSPS) is 10.8. The van der Waals surface area contributed by atoms with E-state index < -0.39 is 0 Å². The minimum absolute atomic E-state index is 1.20. The van der Waals surface area contributed by atoms with Crippen LogP contribution in [0.25, 0.3) is 22.5 Å². The van der Waals surface area contributed by atoms with Gasteiger partial charge in [-0.15, -0.1) is 0 Å². The van der Waals surface area contributed by atoms with Crippen molar-refractivity contribution in [2.45, 2.75) is 13.8 Å². The van der Waals surface area contributed by atoms with Crippen LogP contribution in [0.1, 0.15) is 11.1 Å². The molecule has 0 aliphatic rings. The van der Waals surface area contributed by atoms with Gasteiger partial charge in [0.2, 0.25) is 0 Å². The van der Waals surface area contributed by atoms with E-state index in [-0.39, 0.29) is 0 Å². The molecule has 3 heteroatoms. The molecule has 0 fully saturated rings. The van der Waals surface area contributed by atoms with E-state index in [1.54, 1.807) is 0 Å². The highest BCUT2D eigenvalue weighted by Crippen LogP contribution is 2.34. The summed E-state index contributed by atoms with van der Waals surface area (Å²) < 4.78 is 0. The van der Waals surface area contributed by atoms with Gasteiger partial charge in [-0.3, -0.25) is 0 Å². The van der Waals surface area contributed by atoms with Crippen LogP contribution >= 0.6 is 0 Å². The first-order valence-electron chi connectivity index (χ1n) is 8.63. The van der Waals surface area contributed by atoms with Crippen molar-refractivity contribution in [3.8, 4) is 22.5 Å². The Balaban J connectivity index is 1.99. The van der Waals surface area contributed by atoms with Gasteiger partial charge in [0, 0.05) is 51.0 Å². The van der Waals surface area contributed by atoms with E-state index in [0.29, 0.717) is 0 Å². The minimum atomic E-state index is 1.20. The third-order valence-corrected chi connectivity index (χ3v) is 4.91. The molecule has 0 unspecified atom stereocenters. The number of rotatable bonds is 4. The minimum Gasteiger partial charge on any atom is -0.378 e. The molecule has 3 aromatic rings. The molecule has 0 saturated heterocycles. The maximum atomic E-state index is 3.65. The third-order valence-electron chi connectivity index (χ3n) is 4.91. The Morgan fingerprint density at radius 3 is 1.16 bits per heavy atom. The molecule has 1 aromatic heterocycles. The summed E-state index contributed by atoms with van der Waals surface area (Å²) in [6.07, 6.45) is 0. The van der Waals surface area contributed by atoms with E-state index in [0.717, 1.165) is 0 Å². The van der Waals surface area contributed by atoms with Gasteiger partial charge in [-0.25, -0.2) is 0 Å². The fraction of sp³-hybridized carbons (Fsp3) is 0.273. The summed E-state index contributed by atoms with van der Waals surface area (Å²) in [7, 11) is 8.26. The lowest BCUT2D eigenvalue weighted by molar-refractivity contribution is 1.13. The molecule has 0 bridgehead atoms. The number of nitrogens with zero attached hydrogens (tertiary/aromatic N) is 2. The van der Waals surface area contributed by atoms with Gasteiger partial charge in [0.15, 0.2) is 0 Å². The van der Waals surface area contributed by atoms with Crippen molar-refractivity contribution >= 4 is 11.4 Å². The van der Waals surface area contributed by atoms with Crippen molar-refractivity contribution in [3.05, 3.63) is 59.7 Å². The van der Waals surface area contributed by atoms with Crippen LogP contribution in [0.3, 0.4) is 0 Å². The van der Waals surface area contributed by atoms with Gasteiger partial charge in [-0.1, -0.05) is 24.3 Å². The smallest absolute Gasteiger partial charge is 0.0491 e. The molecule has 2 aromatic carbocycles. The average molecular weight is 333 g/mol. The maximum Gasteiger partial charge on any atom is 0.0491 e. The molecule has 0 saturated carbocycles. The van der Waals surface area contributed by atoms with Gasteiger partial charge in [-0.05, 0) is 60.4 Å². The van der Waals surface area contributed by atoms with Crippen molar-refractivity contribution < 1.29 is 0 Å². The number of hydrogen-bond acceptors (Lipinski definition) is 2. The molecule has 0 amide bonds. The highest BCUT2D eigenvalue weighted by Gasteiger charge is 2.14. The predicted octanol–water partition coefficient (Wildman–Crippen LogP) is 5.10. The second-order valence-electron chi connectivity index (χ2n) is 7.01. The fourth-order valence-electron chi connectivity index (χ4n) is 3.12. The summed E-state index contributed by atoms with van der Waals surface area (Å²) >= 11 is 0. The zero-order valence-corrected chi connectivity index (χ0v) is 16.0. The Morgan fingerprint density at radius 2 is 0.880 bits per heavy atom. The molecule has 0 atom stereocenters. The summed E-state index contributed by atoms with van der Waals surface area (Å²) in [6.45, 7) is 4.39. The molecular formula is C22H27N3. The van der Waals surface area contributed by atoms with Gasteiger partial charge in [-0.2, -0.15) is 0 Å². The number of aromatic amines is 1. The molecule has 1 heterocycles. The van der Waals surface area contributed by atoms with E-state index in [1.165, 1.54) is 45.0 Å². The third kappa shape index (κ3) is 3.27. The molecule has 0 spiro atoms.